The quantitative estimate of drug-likeness (QED) is 0.754. The van der Waals surface area contributed by atoms with Crippen LogP contribution < -0.4 is 10.1 Å². The molecule has 1 N–H and O–H groups in total. The van der Waals surface area contributed by atoms with E-state index in [2.05, 4.69) is 12.2 Å². The van der Waals surface area contributed by atoms with Gasteiger partial charge in [-0.1, -0.05) is 38.0 Å². The minimum Gasteiger partial charge on any atom is -0.481 e. The monoisotopic (exact) mass is 249 g/mol. The molecule has 0 aromatic heterocycles. The van der Waals surface area contributed by atoms with E-state index in [4.69, 9.17) is 4.74 Å². The van der Waals surface area contributed by atoms with E-state index in [9.17, 15) is 4.79 Å². The van der Waals surface area contributed by atoms with Crippen LogP contribution in [0.3, 0.4) is 0 Å². The average Bonchev–Trinajstić information content (AvgIpc) is 2.38. The van der Waals surface area contributed by atoms with E-state index in [1.54, 1.807) is 0 Å². The van der Waals surface area contributed by atoms with Gasteiger partial charge in [0.05, 0.1) is 0 Å². The van der Waals surface area contributed by atoms with Gasteiger partial charge in [0.25, 0.3) is 5.91 Å². The van der Waals surface area contributed by atoms with Gasteiger partial charge >= 0.3 is 0 Å². The van der Waals surface area contributed by atoms with Gasteiger partial charge in [-0.3, -0.25) is 4.79 Å². The van der Waals surface area contributed by atoms with Crippen molar-refractivity contribution in [3.63, 3.8) is 0 Å². The van der Waals surface area contributed by atoms with Crippen LogP contribution >= 0.6 is 0 Å². The summed E-state index contributed by atoms with van der Waals surface area (Å²) in [6.07, 6.45) is 2.36. The number of aryl methyl sites for hydroxylation is 1. The number of hydrogen-bond acceptors (Lipinski definition) is 2. The van der Waals surface area contributed by atoms with Crippen molar-refractivity contribution in [3.8, 4) is 5.75 Å². The molecule has 0 saturated heterocycles. The predicted molar refractivity (Wildman–Crippen MR) is 73.8 cm³/mol. The van der Waals surface area contributed by atoms with Crippen LogP contribution in [-0.4, -0.2) is 18.6 Å². The number of amides is 1. The van der Waals surface area contributed by atoms with E-state index in [0.29, 0.717) is 6.42 Å². The Morgan fingerprint density at radius 1 is 1.28 bits per heavy atom. The number of carbonyl (C=O) groups is 1. The first-order valence-corrected chi connectivity index (χ1v) is 6.68. The lowest BCUT2D eigenvalue weighted by Crippen LogP contribution is -2.38. The smallest absolute Gasteiger partial charge is 0.261 e. The van der Waals surface area contributed by atoms with E-state index in [1.165, 1.54) is 5.56 Å². The van der Waals surface area contributed by atoms with Gasteiger partial charge < -0.3 is 10.1 Å². The molecule has 3 nitrogen and oxygen atoms in total. The van der Waals surface area contributed by atoms with E-state index in [-0.39, 0.29) is 5.91 Å². The second-order valence-electron chi connectivity index (χ2n) is 4.47. The number of unbranched alkanes of at least 4 members (excludes halogenated alkanes) is 1. The summed E-state index contributed by atoms with van der Waals surface area (Å²) in [5, 5.41) is 2.90. The van der Waals surface area contributed by atoms with Crippen LogP contribution in [0.5, 0.6) is 5.75 Å². The molecule has 0 saturated carbocycles. The van der Waals surface area contributed by atoms with Gasteiger partial charge in [0.15, 0.2) is 6.10 Å². The fourth-order valence-electron chi connectivity index (χ4n) is 1.61. The molecule has 0 bridgehead atoms. The summed E-state index contributed by atoms with van der Waals surface area (Å²) in [4.78, 5) is 11.9. The fourth-order valence-corrected chi connectivity index (χ4v) is 1.61. The highest BCUT2D eigenvalue weighted by atomic mass is 16.5. The van der Waals surface area contributed by atoms with Crippen LogP contribution in [0.25, 0.3) is 0 Å². The first-order valence-electron chi connectivity index (χ1n) is 6.68. The van der Waals surface area contributed by atoms with Gasteiger partial charge in [0.1, 0.15) is 5.75 Å². The van der Waals surface area contributed by atoms with Crippen molar-refractivity contribution in [2.24, 2.45) is 0 Å². The number of rotatable bonds is 7. The van der Waals surface area contributed by atoms with Gasteiger partial charge in [-0.25, -0.2) is 0 Å². The normalized spacial score (nSPS) is 11.9. The zero-order valence-corrected chi connectivity index (χ0v) is 11.5. The standard InChI is InChI=1S/C15H23NO2/c1-4-6-11-16-15(17)14(5-2)18-13-9-7-12(3)8-10-13/h7-10,14H,4-6,11H2,1-3H3,(H,16,17)/t14-/m0/s1. The number of nitrogens with one attached hydrogen (secondary N) is 1. The minimum atomic E-state index is -0.399. The molecule has 1 aromatic rings. The van der Waals surface area contributed by atoms with Crippen LogP contribution in [0.15, 0.2) is 24.3 Å². The Labute approximate surface area is 110 Å². The summed E-state index contributed by atoms with van der Waals surface area (Å²) >= 11 is 0. The molecule has 0 heterocycles. The summed E-state index contributed by atoms with van der Waals surface area (Å²) in [7, 11) is 0. The molecule has 3 heteroatoms. The van der Waals surface area contributed by atoms with Crippen LogP contribution in [0.4, 0.5) is 0 Å². The maximum absolute atomic E-state index is 11.9. The Kier molecular flexibility index (Phi) is 6.26. The lowest BCUT2D eigenvalue weighted by molar-refractivity contribution is -0.128. The van der Waals surface area contributed by atoms with Crippen molar-refractivity contribution in [2.45, 2.75) is 46.1 Å². The topological polar surface area (TPSA) is 38.3 Å². The van der Waals surface area contributed by atoms with Crippen molar-refractivity contribution < 1.29 is 9.53 Å². The van der Waals surface area contributed by atoms with Crippen molar-refractivity contribution in [1.82, 2.24) is 5.32 Å². The Morgan fingerprint density at radius 3 is 2.50 bits per heavy atom. The zero-order valence-electron chi connectivity index (χ0n) is 11.5. The predicted octanol–water partition coefficient (Wildman–Crippen LogP) is 3.07. The van der Waals surface area contributed by atoms with Crippen molar-refractivity contribution in [2.75, 3.05) is 6.54 Å². The maximum Gasteiger partial charge on any atom is 0.261 e. The molecule has 0 aliphatic carbocycles. The maximum atomic E-state index is 11.9. The van der Waals surface area contributed by atoms with Gasteiger partial charge in [-0.2, -0.15) is 0 Å². The summed E-state index contributed by atoms with van der Waals surface area (Å²) in [6.45, 7) is 6.81. The number of benzene rings is 1. The molecule has 0 fully saturated rings. The van der Waals surface area contributed by atoms with E-state index in [1.807, 2.05) is 38.1 Å². The van der Waals surface area contributed by atoms with Crippen LogP contribution in [0.1, 0.15) is 38.7 Å². The summed E-state index contributed by atoms with van der Waals surface area (Å²) in [5.74, 6) is 0.726. The summed E-state index contributed by atoms with van der Waals surface area (Å²) in [6, 6.07) is 7.77. The number of hydrogen-bond donors (Lipinski definition) is 1. The molecular formula is C15H23NO2. The van der Waals surface area contributed by atoms with Crippen molar-refractivity contribution >= 4 is 5.91 Å². The van der Waals surface area contributed by atoms with Crippen LogP contribution in [0.2, 0.25) is 0 Å². The molecule has 1 atom stereocenters. The third kappa shape index (κ3) is 4.78. The fraction of sp³-hybridized carbons (Fsp3) is 0.533. The summed E-state index contributed by atoms with van der Waals surface area (Å²) < 4.78 is 5.70. The average molecular weight is 249 g/mol. The molecule has 1 amide bonds. The Balaban J connectivity index is 2.50. The van der Waals surface area contributed by atoms with E-state index >= 15 is 0 Å². The molecule has 0 unspecified atom stereocenters. The Bertz CT molecular complexity index is 359. The van der Waals surface area contributed by atoms with Crippen LogP contribution in [-0.2, 0) is 4.79 Å². The van der Waals surface area contributed by atoms with Crippen LogP contribution in [0, 0.1) is 6.92 Å². The lowest BCUT2D eigenvalue weighted by Gasteiger charge is -2.17. The molecule has 18 heavy (non-hydrogen) atoms. The van der Waals surface area contributed by atoms with Gasteiger partial charge in [-0.15, -0.1) is 0 Å². The van der Waals surface area contributed by atoms with E-state index < -0.39 is 6.10 Å². The van der Waals surface area contributed by atoms with Gasteiger partial charge in [-0.05, 0) is 31.9 Å². The highest BCUT2D eigenvalue weighted by molar-refractivity contribution is 5.81. The lowest BCUT2D eigenvalue weighted by atomic mass is 10.2. The molecule has 1 rings (SSSR count). The number of ether oxygens (including phenoxy) is 1. The third-order valence-corrected chi connectivity index (χ3v) is 2.79. The SMILES string of the molecule is CCCCNC(=O)[C@H](CC)Oc1ccc(C)cc1. The summed E-state index contributed by atoms with van der Waals surface area (Å²) in [5.41, 5.74) is 1.18. The molecule has 0 aliphatic heterocycles. The van der Waals surface area contributed by atoms with E-state index in [0.717, 1.165) is 25.1 Å². The van der Waals surface area contributed by atoms with Crippen molar-refractivity contribution in [1.29, 1.82) is 0 Å². The highest BCUT2D eigenvalue weighted by Gasteiger charge is 2.17. The minimum absolute atomic E-state index is 0.0217. The second-order valence-corrected chi connectivity index (χ2v) is 4.47. The van der Waals surface area contributed by atoms with Gasteiger partial charge in [0, 0.05) is 6.54 Å². The molecule has 0 aliphatic rings. The zero-order chi connectivity index (χ0) is 13.4. The van der Waals surface area contributed by atoms with Gasteiger partial charge in [0.2, 0.25) is 0 Å². The molecule has 100 valence electrons. The number of carbonyl (C=O) groups excluding carboxylic acids is 1. The van der Waals surface area contributed by atoms with Crippen molar-refractivity contribution in [3.05, 3.63) is 29.8 Å². The first kappa shape index (κ1) is 14.6. The largest absolute Gasteiger partial charge is 0.481 e. The third-order valence-electron chi connectivity index (χ3n) is 2.79. The molecular weight excluding hydrogens is 226 g/mol. The highest BCUT2D eigenvalue weighted by Crippen LogP contribution is 2.14. The molecule has 0 radical (unpaired) electrons. The Hall–Kier alpha value is -1.51. The molecule has 0 spiro atoms. The Morgan fingerprint density at radius 2 is 1.94 bits per heavy atom. The first-order chi connectivity index (χ1) is 8.67. The molecule has 1 aromatic carbocycles. The second kappa shape index (κ2) is 7.75.